The average Bonchev–Trinajstić information content (AvgIpc) is 2.80. The van der Waals surface area contributed by atoms with Crippen LogP contribution in [0.1, 0.15) is 36.9 Å². The number of nitrogens with zero attached hydrogens (tertiary/aromatic N) is 3. The molecule has 1 atom stereocenters. The molecule has 3 rings (SSSR count). The van der Waals surface area contributed by atoms with Gasteiger partial charge in [0.15, 0.2) is 5.82 Å². The molecule has 2 fully saturated rings. The summed E-state index contributed by atoms with van der Waals surface area (Å²) < 4.78 is 29.5. The molecule has 2 aliphatic rings. The molecule has 0 radical (unpaired) electrons. The molecule has 1 unspecified atom stereocenters. The van der Waals surface area contributed by atoms with Crippen molar-refractivity contribution in [3.63, 3.8) is 0 Å². The number of aryl methyl sites for hydroxylation is 1. The number of sulfonamides is 1. The summed E-state index contributed by atoms with van der Waals surface area (Å²) in [5.41, 5.74) is 0.220. The Labute approximate surface area is 106 Å². The average molecular weight is 271 g/mol. The molecule has 6 nitrogen and oxygen atoms in total. The van der Waals surface area contributed by atoms with Gasteiger partial charge < -0.3 is 4.52 Å². The molecular formula is C11H17N3O3S. The van der Waals surface area contributed by atoms with Crippen LogP contribution in [-0.2, 0) is 10.0 Å². The number of rotatable bonds is 2. The second kappa shape index (κ2) is 3.77. The van der Waals surface area contributed by atoms with E-state index in [0.29, 0.717) is 24.9 Å². The van der Waals surface area contributed by atoms with E-state index in [-0.39, 0.29) is 5.41 Å². The fraction of sp³-hybridized carbons (Fsp3) is 0.818. The van der Waals surface area contributed by atoms with Crippen molar-refractivity contribution in [3.8, 4) is 0 Å². The van der Waals surface area contributed by atoms with E-state index < -0.39 is 10.0 Å². The first-order chi connectivity index (χ1) is 8.41. The van der Waals surface area contributed by atoms with Crippen molar-refractivity contribution in [2.45, 2.75) is 32.1 Å². The van der Waals surface area contributed by atoms with E-state index in [1.165, 1.54) is 6.26 Å². The highest BCUT2D eigenvalue weighted by molar-refractivity contribution is 7.88. The first-order valence-corrected chi connectivity index (χ1v) is 8.01. The van der Waals surface area contributed by atoms with Crippen molar-refractivity contribution >= 4 is 10.0 Å². The molecule has 0 aromatic carbocycles. The van der Waals surface area contributed by atoms with Gasteiger partial charge in [-0.2, -0.15) is 4.98 Å². The Morgan fingerprint density at radius 3 is 2.56 bits per heavy atom. The molecule has 2 heterocycles. The van der Waals surface area contributed by atoms with Crippen LogP contribution in [0.15, 0.2) is 4.52 Å². The molecule has 1 saturated carbocycles. The number of hydrogen-bond acceptors (Lipinski definition) is 5. The predicted molar refractivity (Wildman–Crippen MR) is 64.5 cm³/mol. The molecule has 0 amide bonds. The van der Waals surface area contributed by atoms with Gasteiger partial charge in [0, 0.05) is 25.9 Å². The first kappa shape index (κ1) is 12.1. The summed E-state index contributed by atoms with van der Waals surface area (Å²) in [5, 5.41) is 3.98. The van der Waals surface area contributed by atoms with Crippen molar-refractivity contribution in [1.29, 1.82) is 0 Å². The molecule has 1 spiro atoms. The highest BCUT2D eigenvalue weighted by atomic mass is 32.2. The van der Waals surface area contributed by atoms with Gasteiger partial charge in [0.25, 0.3) is 0 Å². The third-order valence-electron chi connectivity index (χ3n) is 4.23. The summed E-state index contributed by atoms with van der Waals surface area (Å²) in [6.45, 7) is 3.02. The van der Waals surface area contributed by atoms with E-state index in [4.69, 9.17) is 4.52 Å². The smallest absolute Gasteiger partial charge is 0.223 e. The molecule has 1 aromatic rings. The van der Waals surface area contributed by atoms with E-state index in [1.54, 1.807) is 11.2 Å². The standard InChI is InChI=1S/C11H17N3O3S/c1-8-12-10(13-17-8)9-7-11(9)3-5-14(6-4-11)18(2,15)16/h9H,3-7H2,1-2H3. The maximum absolute atomic E-state index is 11.5. The minimum atomic E-state index is -3.04. The summed E-state index contributed by atoms with van der Waals surface area (Å²) in [6, 6.07) is 0. The number of piperidine rings is 1. The van der Waals surface area contributed by atoms with Crippen LogP contribution < -0.4 is 0 Å². The van der Waals surface area contributed by atoms with Gasteiger partial charge in [-0.15, -0.1) is 0 Å². The van der Waals surface area contributed by atoms with Crippen LogP contribution in [0.25, 0.3) is 0 Å². The molecule has 0 bridgehead atoms. The molecule has 1 saturated heterocycles. The topological polar surface area (TPSA) is 76.3 Å². The lowest BCUT2D eigenvalue weighted by molar-refractivity contribution is 0.250. The van der Waals surface area contributed by atoms with Gasteiger partial charge in [0.05, 0.1) is 6.26 Å². The van der Waals surface area contributed by atoms with Crippen LogP contribution >= 0.6 is 0 Å². The highest BCUT2D eigenvalue weighted by Crippen LogP contribution is 2.64. The van der Waals surface area contributed by atoms with Crippen molar-refractivity contribution in [1.82, 2.24) is 14.4 Å². The molecular weight excluding hydrogens is 254 g/mol. The Bertz CT molecular complexity index is 558. The first-order valence-electron chi connectivity index (χ1n) is 6.16. The Morgan fingerprint density at radius 2 is 2.06 bits per heavy atom. The Kier molecular flexibility index (Phi) is 2.54. The van der Waals surface area contributed by atoms with Crippen molar-refractivity contribution < 1.29 is 12.9 Å². The summed E-state index contributed by atoms with van der Waals surface area (Å²) in [6.07, 6.45) is 4.14. The van der Waals surface area contributed by atoms with Crippen LogP contribution in [0, 0.1) is 12.3 Å². The van der Waals surface area contributed by atoms with Crippen molar-refractivity contribution in [3.05, 3.63) is 11.7 Å². The van der Waals surface area contributed by atoms with Gasteiger partial charge in [0.2, 0.25) is 15.9 Å². The minimum Gasteiger partial charge on any atom is -0.340 e. The van der Waals surface area contributed by atoms with Crippen LogP contribution in [0.4, 0.5) is 0 Å². The van der Waals surface area contributed by atoms with Gasteiger partial charge in [-0.3, -0.25) is 0 Å². The summed E-state index contributed by atoms with van der Waals surface area (Å²) in [7, 11) is -3.04. The zero-order chi connectivity index (χ0) is 13.0. The summed E-state index contributed by atoms with van der Waals surface area (Å²) in [5.74, 6) is 1.75. The molecule has 1 aliphatic heterocycles. The van der Waals surface area contributed by atoms with Crippen LogP contribution in [0.5, 0.6) is 0 Å². The Hall–Kier alpha value is -0.950. The van der Waals surface area contributed by atoms with E-state index in [9.17, 15) is 8.42 Å². The maximum Gasteiger partial charge on any atom is 0.223 e. The molecule has 1 aromatic heterocycles. The third kappa shape index (κ3) is 1.95. The quantitative estimate of drug-likeness (QED) is 0.799. The van der Waals surface area contributed by atoms with E-state index in [2.05, 4.69) is 10.1 Å². The largest absolute Gasteiger partial charge is 0.340 e. The predicted octanol–water partition coefficient (Wildman–Crippen LogP) is 0.907. The SMILES string of the molecule is Cc1nc(C2CC23CCN(S(C)(=O)=O)CC3)no1. The van der Waals surface area contributed by atoms with Gasteiger partial charge in [-0.25, -0.2) is 12.7 Å². The maximum atomic E-state index is 11.5. The second-order valence-electron chi connectivity index (χ2n) is 5.45. The fourth-order valence-corrected chi connectivity index (χ4v) is 3.83. The van der Waals surface area contributed by atoms with Crippen LogP contribution in [0.3, 0.4) is 0 Å². The molecule has 1 aliphatic carbocycles. The molecule has 7 heteroatoms. The lowest BCUT2D eigenvalue weighted by atomic mass is 9.92. The second-order valence-corrected chi connectivity index (χ2v) is 7.44. The monoisotopic (exact) mass is 271 g/mol. The summed E-state index contributed by atoms with van der Waals surface area (Å²) in [4.78, 5) is 4.28. The van der Waals surface area contributed by atoms with Crippen LogP contribution in [0.2, 0.25) is 0 Å². The lowest BCUT2D eigenvalue weighted by Crippen LogP contribution is -2.38. The van der Waals surface area contributed by atoms with Gasteiger partial charge in [-0.05, 0) is 24.7 Å². The Balaban J connectivity index is 1.68. The zero-order valence-corrected chi connectivity index (χ0v) is 11.4. The fourth-order valence-electron chi connectivity index (χ4n) is 2.99. The molecule has 18 heavy (non-hydrogen) atoms. The number of aromatic nitrogens is 2. The van der Waals surface area contributed by atoms with E-state index in [1.807, 2.05) is 0 Å². The minimum absolute atomic E-state index is 0.220. The lowest BCUT2D eigenvalue weighted by Gasteiger charge is -2.30. The zero-order valence-electron chi connectivity index (χ0n) is 10.6. The van der Waals surface area contributed by atoms with E-state index in [0.717, 1.165) is 25.1 Å². The summed E-state index contributed by atoms with van der Waals surface area (Å²) >= 11 is 0. The Morgan fingerprint density at radius 1 is 1.39 bits per heavy atom. The third-order valence-corrected chi connectivity index (χ3v) is 5.54. The normalized spacial score (nSPS) is 27.6. The number of hydrogen-bond donors (Lipinski definition) is 0. The van der Waals surface area contributed by atoms with Gasteiger partial charge in [-0.1, -0.05) is 5.16 Å². The van der Waals surface area contributed by atoms with E-state index >= 15 is 0 Å². The highest BCUT2D eigenvalue weighted by Gasteiger charge is 2.58. The molecule has 100 valence electrons. The van der Waals surface area contributed by atoms with Crippen molar-refractivity contribution in [2.75, 3.05) is 19.3 Å². The van der Waals surface area contributed by atoms with Gasteiger partial charge in [0.1, 0.15) is 0 Å². The van der Waals surface area contributed by atoms with Crippen molar-refractivity contribution in [2.24, 2.45) is 5.41 Å². The van der Waals surface area contributed by atoms with Gasteiger partial charge >= 0.3 is 0 Å². The molecule has 0 N–H and O–H groups in total. The van der Waals surface area contributed by atoms with Crippen LogP contribution in [-0.4, -0.2) is 42.2 Å².